The highest BCUT2D eigenvalue weighted by atomic mass is 17.7. The molecular weight excluding hydrogens is 224 g/mol. The van der Waals surface area contributed by atoms with Crippen molar-refractivity contribution in [2.24, 2.45) is 0 Å². The molecule has 2 fully saturated rings. The Bertz CT molecular complexity index is 249. The van der Waals surface area contributed by atoms with Gasteiger partial charge in [-0.2, -0.15) is 4.89 Å². The highest BCUT2D eigenvalue weighted by Gasteiger charge is 2.56. The van der Waals surface area contributed by atoms with Crippen LogP contribution < -0.4 is 0 Å². The molecule has 0 N–H and O–H groups in total. The maximum atomic E-state index is 5.42. The predicted octanol–water partition coefficient (Wildman–Crippen LogP) is 2.70. The second-order valence-corrected chi connectivity index (χ2v) is 5.39. The van der Waals surface area contributed by atoms with E-state index in [0.717, 1.165) is 25.7 Å². The maximum absolute atomic E-state index is 5.42. The quantitative estimate of drug-likeness (QED) is 0.409. The van der Waals surface area contributed by atoms with E-state index in [9.17, 15) is 0 Å². The first-order chi connectivity index (χ1) is 8.10. The zero-order valence-electron chi connectivity index (χ0n) is 10.9. The van der Waals surface area contributed by atoms with E-state index in [1.54, 1.807) is 7.11 Å². The summed E-state index contributed by atoms with van der Waals surface area (Å²) in [7, 11) is 1.68. The molecular formula is C12H22O5. The van der Waals surface area contributed by atoms with Crippen molar-refractivity contribution < 1.29 is 24.6 Å². The molecule has 0 radical (unpaired) electrons. The van der Waals surface area contributed by atoms with Crippen molar-refractivity contribution in [2.45, 2.75) is 69.7 Å². The molecule has 0 aromatic carbocycles. The van der Waals surface area contributed by atoms with Crippen molar-refractivity contribution in [2.75, 3.05) is 7.11 Å². The van der Waals surface area contributed by atoms with Crippen LogP contribution in [0.5, 0.6) is 0 Å². The van der Waals surface area contributed by atoms with Gasteiger partial charge < -0.3 is 4.74 Å². The topological polar surface area (TPSA) is 46.2 Å². The van der Waals surface area contributed by atoms with Crippen molar-refractivity contribution in [3.8, 4) is 0 Å². The van der Waals surface area contributed by atoms with Crippen molar-refractivity contribution >= 4 is 0 Å². The molecule has 0 aromatic rings. The summed E-state index contributed by atoms with van der Waals surface area (Å²) >= 11 is 0. The third-order valence-corrected chi connectivity index (χ3v) is 4.37. The van der Waals surface area contributed by atoms with Crippen LogP contribution in [0.25, 0.3) is 0 Å². The molecule has 0 amide bonds. The zero-order valence-corrected chi connectivity index (χ0v) is 10.9. The molecule has 0 heterocycles. The Hall–Kier alpha value is -0.200. The number of hydrogen-bond donors (Lipinski definition) is 0. The molecule has 1 unspecified atom stereocenters. The number of methoxy groups -OCH3 is 1. The van der Waals surface area contributed by atoms with Crippen LogP contribution in [-0.4, -0.2) is 24.4 Å². The van der Waals surface area contributed by atoms with Gasteiger partial charge in [0.15, 0.2) is 0 Å². The van der Waals surface area contributed by atoms with Gasteiger partial charge in [-0.05, 0) is 49.6 Å². The van der Waals surface area contributed by atoms with Crippen LogP contribution in [0.2, 0.25) is 0 Å². The van der Waals surface area contributed by atoms with Gasteiger partial charge in [0.2, 0.25) is 0 Å². The molecule has 2 atom stereocenters. The van der Waals surface area contributed by atoms with Gasteiger partial charge in [-0.3, -0.25) is 0 Å². The van der Waals surface area contributed by atoms with Crippen LogP contribution in [0.1, 0.15) is 52.4 Å². The lowest BCUT2D eigenvalue weighted by Crippen LogP contribution is -2.61. The van der Waals surface area contributed by atoms with E-state index >= 15 is 0 Å². The van der Waals surface area contributed by atoms with Gasteiger partial charge in [0.25, 0.3) is 0 Å². The van der Waals surface area contributed by atoms with E-state index < -0.39 is 5.60 Å². The fourth-order valence-corrected chi connectivity index (χ4v) is 2.42. The van der Waals surface area contributed by atoms with Crippen molar-refractivity contribution in [1.29, 1.82) is 0 Å². The third kappa shape index (κ3) is 2.63. The second kappa shape index (κ2) is 5.20. The van der Waals surface area contributed by atoms with Gasteiger partial charge in [0.05, 0.1) is 11.7 Å². The van der Waals surface area contributed by atoms with E-state index in [2.05, 4.69) is 5.04 Å². The van der Waals surface area contributed by atoms with Crippen LogP contribution in [0, 0.1) is 0 Å². The van der Waals surface area contributed by atoms with Crippen LogP contribution >= 0.6 is 0 Å². The minimum atomic E-state index is -0.471. The van der Waals surface area contributed by atoms with Crippen LogP contribution in [0.4, 0.5) is 0 Å². The van der Waals surface area contributed by atoms with Crippen molar-refractivity contribution in [1.82, 2.24) is 0 Å². The molecule has 17 heavy (non-hydrogen) atoms. The van der Waals surface area contributed by atoms with E-state index in [1.807, 2.05) is 13.8 Å². The highest BCUT2D eigenvalue weighted by molar-refractivity contribution is 5.05. The van der Waals surface area contributed by atoms with Gasteiger partial charge in [-0.1, -0.05) is 12.8 Å². The first-order valence-electron chi connectivity index (χ1n) is 6.33. The molecule has 2 saturated carbocycles. The van der Waals surface area contributed by atoms with E-state index in [1.165, 1.54) is 12.8 Å². The Morgan fingerprint density at radius 2 is 1.59 bits per heavy atom. The van der Waals surface area contributed by atoms with Gasteiger partial charge in [0, 0.05) is 7.11 Å². The largest absolute Gasteiger partial charge is 0.375 e. The zero-order chi connectivity index (χ0) is 12.4. The molecule has 0 saturated heterocycles. The number of ether oxygens (including phenoxy) is 1. The minimum absolute atomic E-state index is 0.140. The normalized spacial score (nSPS) is 38.3. The summed E-state index contributed by atoms with van der Waals surface area (Å²) in [6.45, 7) is 3.94. The van der Waals surface area contributed by atoms with E-state index in [-0.39, 0.29) is 11.7 Å². The van der Waals surface area contributed by atoms with Gasteiger partial charge in [0.1, 0.15) is 5.60 Å². The molecule has 0 bridgehead atoms. The minimum Gasteiger partial charge on any atom is -0.375 e. The smallest absolute Gasteiger partial charge is 0.133 e. The average molecular weight is 246 g/mol. The summed E-state index contributed by atoms with van der Waals surface area (Å²) in [5.41, 5.74) is -0.787. The highest BCUT2D eigenvalue weighted by Crippen LogP contribution is 2.47. The van der Waals surface area contributed by atoms with Crippen molar-refractivity contribution in [3.05, 3.63) is 0 Å². The predicted molar refractivity (Wildman–Crippen MR) is 59.6 cm³/mol. The molecule has 0 aromatic heterocycles. The maximum Gasteiger partial charge on any atom is 0.133 e. The van der Waals surface area contributed by atoms with Crippen LogP contribution in [0.3, 0.4) is 0 Å². The lowest BCUT2D eigenvalue weighted by atomic mass is 9.67. The third-order valence-electron chi connectivity index (χ3n) is 4.37. The molecule has 5 nitrogen and oxygen atoms in total. The summed E-state index contributed by atoms with van der Waals surface area (Å²) in [5, 5.41) is 9.35. The van der Waals surface area contributed by atoms with E-state index in [0.29, 0.717) is 0 Å². The van der Waals surface area contributed by atoms with Gasteiger partial charge in [-0.25, -0.2) is 4.89 Å². The second-order valence-electron chi connectivity index (χ2n) is 5.39. The number of hydrogen-bond acceptors (Lipinski definition) is 5. The first kappa shape index (κ1) is 13.2. The van der Waals surface area contributed by atoms with Gasteiger partial charge in [-0.15, -0.1) is 0 Å². The summed E-state index contributed by atoms with van der Waals surface area (Å²) in [4.78, 5) is 10.3. The summed E-state index contributed by atoms with van der Waals surface area (Å²) in [5.74, 6) is 0. The lowest BCUT2D eigenvalue weighted by molar-refractivity contribution is -0.666. The Labute approximate surface area is 102 Å². The molecule has 2 aliphatic carbocycles. The first-order valence-corrected chi connectivity index (χ1v) is 6.33. The Morgan fingerprint density at radius 1 is 0.941 bits per heavy atom. The Morgan fingerprint density at radius 3 is 2.12 bits per heavy atom. The Kier molecular flexibility index (Phi) is 4.05. The van der Waals surface area contributed by atoms with E-state index in [4.69, 9.17) is 19.6 Å². The average Bonchev–Trinajstić information content (AvgIpc) is 2.85. The molecule has 0 aliphatic heterocycles. The summed E-state index contributed by atoms with van der Waals surface area (Å²) in [6, 6.07) is 0. The van der Waals surface area contributed by atoms with Crippen molar-refractivity contribution in [3.63, 3.8) is 0 Å². The summed E-state index contributed by atoms with van der Waals surface area (Å²) < 4.78 is 5.42. The van der Waals surface area contributed by atoms with Crippen LogP contribution in [0.15, 0.2) is 0 Å². The van der Waals surface area contributed by atoms with Gasteiger partial charge >= 0.3 is 0 Å². The summed E-state index contributed by atoms with van der Waals surface area (Å²) in [6.07, 6.45) is 6.40. The lowest BCUT2D eigenvalue weighted by Gasteiger charge is -2.52. The molecule has 100 valence electrons. The molecule has 2 aliphatic rings. The SMILES string of the molecule is COC1(C)CC[C@]1(C)OOOOC1CCCC1. The molecule has 2 rings (SSSR count). The molecule has 0 spiro atoms. The monoisotopic (exact) mass is 246 g/mol. The fraction of sp³-hybridized carbons (Fsp3) is 1.00. The standard InChI is InChI=1S/C12H22O5/c1-11(13-3)8-9-12(11,2)15-17-16-14-10-6-4-5-7-10/h10H,4-9H2,1-3H3/t11?,12-/m0/s1. The van der Waals surface area contributed by atoms with Crippen LogP contribution in [-0.2, 0) is 24.6 Å². The fourth-order valence-electron chi connectivity index (χ4n) is 2.42. The molecule has 5 heteroatoms. The Balaban J connectivity index is 1.64. The number of rotatable bonds is 6.